The summed E-state index contributed by atoms with van der Waals surface area (Å²) >= 11 is 13.6. The first-order chi connectivity index (χ1) is 12.3. The minimum absolute atomic E-state index is 0.00172. The number of rotatable bonds is 4. The molecule has 0 spiro atoms. The number of nitrogens with zero attached hydrogens (tertiary/aromatic N) is 1. The predicted molar refractivity (Wildman–Crippen MR) is 110 cm³/mol. The highest BCUT2D eigenvalue weighted by molar-refractivity contribution is 9.11. The van der Waals surface area contributed by atoms with Crippen LogP contribution in [0, 0.1) is 10.1 Å². The average molecular weight is 518 g/mol. The molecular formula is C17H8Br2ClNO4S. The van der Waals surface area contributed by atoms with Crippen LogP contribution >= 0.6 is 54.8 Å². The van der Waals surface area contributed by atoms with E-state index < -0.39 is 10.7 Å². The third-order valence-electron chi connectivity index (χ3n) is 3.64. The molecule has 26 heavy (non-hydrogen) atoms. The zero-order valence-electron chi connectivity index (χ0n) is 12.8. The minimum Gasteiger partial charge on any atom is -0.294 e. The van der Waals surface area contributed by atoms with Crippen molar-refractivity contribution in [2.24, 2.45) is 0 Å². The van der Waals surface area contributed by atoms with Crippen molar-refractivity contribution >= 4 is 76.4 Å². The van der Waals surface area contributed by atoms with Gasteiger partial charge >= 0.3 is 0 Å². The van der Waals surface area contributed by atoms with Crippen LogP contribution in [-0.4, -0.2) is 10.7 Å². The van der Waals surface area contributed by atoms with Crippen molar-refractivity contribution in [2.45, 2.75) is 6.42 Å². The number of fused-ring (bicyclic) bond motifs is 1. The van der Waals surface area contributed by atoms with Crippen molar-refractivity contribution in [3.05, 3.63) is 81.1 Å². The van der Waals surface area contributed by atoms with Gasteiger partial charge in [-0.2, -0.15) is 0 Å². The first kappa shape index (κ1) is 19.2. The maximum absolute atomic E-state index is 12.6. The predicted octanol–water partition coefficient (Wildman–Crippen LogP) is 5.77. The molecule has 0 atom stereocenters. The second-order valence-electron chi connectivity index (χ2n) is 5.39. The molecule has 1 heterocycles. The zero-order chi connectivity index (χ0) is 19.0. The summed E-state index contributed by atoms with van der Waals surface area (Å²) in [5, 5.41) is 11.7. The van der Waals surface area contributed by atoms with Crippen molar-refractivity contribution in [3.8, 4) is 0 Å². The molecule has 0 unspecified atom stereocenters. The molecule has 0 aliphatic rings. The van der Waals surface area contributed by atoms with E-state index in [1.54, 1.807) is 6.07 Å². The Morgan fingerprint density at radius 1 is 1.19 bits per heavy atom. The van der Waals surface area contributed by atoms with Crippen molar-refractivity contribution in [1.82, 2.24) is 0 Å². The molecule has 0 amide bonds. The van der Waals surface area contributed by atoms with Gasteiger partial charge in [0.1, 0.15) is 5.02 Å². The molecule has 0 aliphatic heterocycles. The van der Waals surface area contributed by atoms with Crippen molar-refractivity contribution in [3.63, 3.8) is 0 Å². The maximum atomic E-state index is 12.6. The lowest BCUT2D eigenvalue weighted by molar-refractivity contribution is -0.384. The van der Waals surface area contributed by atoms with E-state index in [0.717, 1.165) is 30.4 Å². The highest BCUT2D eigenvalue weighted by Gasteiger charge is 2.18. The van der Waals surface area contributed by atoms with Crippen LogP contribution in [-0.2, 0) is 6.42 Å². The second-order valence-corrected chi connectivity index (χ2v) is 8.58. The molecule has 3 rings (SSSR count). The van der Waals surface area contributed by atoms with E-state index in [4.69, 9.17) is 11.6 Å². The fourth-order valence-electron chi connectivity index (χ4n) is 2.43. The normalized spacial score (nSPS) is 10.9. The number of ketones is 1. The Balaban J connectivity index is 2.00. The Labute approximate surface area is 173 Å². The van der Waals surface area contributed by atoms with E-state index in [1.807, 2.05) is 12.1 Å². The van der Waals surface area contributed by atoms with Gasteiger partial charge in [0, 0.05) is 31.5 Å². The fraction of sp³-hybridized carbons (Fsp3) is 0.0588. The lowest BCUT2D eigenvalue weighted by Crippen LogP contribution is -2.14. The van der Waals surface area contributed by atoms with Crippen LogP contribution in [0.3, 0.4) is 0 Å². The molecule has 0 saturated heterocycles. The molecule has 1 aromatic heterocycles. The summed E-state index contributed by atoms with van der Waals surface area (Å²) in [4.78, 5) is 35.3. The van der Waals surface area contributed by atoms with Crippen LogP contribution in [0.2, 0.25) is 5.02 Å². The molecule has 2 aromatic carbocycles. The lowest BCUT2D eigenvalue weighted by Gasteiger charge is -2.05. The number of hydrogen-bond acceptors (Lipinski definition) is 5. The van der Waals surface area contributed by atoms with Gasteiger partial charge in [-0.25, -0.2) is 0 Å². The highest BCUT2D eigenvalue weighted by Crippen LogP contribution is 2.31. The quantitative estimate of drug-likeness (QED) is 0.250. The summed E-state index contributed by atoms with van der Waals surface area (Å²) in [6, 6.07) is 9.35. The fourth-order valence-corrected chi connectivity index (χ4v) is 5.18. The topological polar surface area (TPSA) is 77.3 Å². The van der Waals surface area contributed by atoms with Gasteiger partial charge in [-0.3, -0.25) is 19.7 Å². The summed E-state index contributed by atoms with van der Waals surface area (Å²) < 4.78 is 1.97. The van der Waals surface area contributed by atoms with E-state index >= 15 is 0 Å². The Hall–Kier alpha value is -1.61. The van der Waals surface area contributed by atoms with Gasteiger partial charge in [0.25, 0.3) is 5.69 Å². The number of benzene rings is 2. The van der Waals surface area contributed by atoms with Crippen molar-refractivity contribution in [1.29, 1.82) is 0 Å². The number of nitro benzene ring substituents is 1. The van der Waals surface area contributed by atoms with Crippen LogP contribution in [0.4, 0.5) is 5.69 Å². The third-order valence-corrected chi connectivity index (χ3v) is 6.04. The Bertz CT molecular complexity index is 1130. The molecule has 0 aliphatic carbocycles. The van der Waals surface area contributed by atoms with Gasteiger partial charge in [-0.15, -0.1) is 0 Å². The standard InChI is InChI=1S/C17H8Br2ClNO4S/c18-9-5-12(19)10-7-11(17(23)26-16(10)6-9)15(22)4-8-1-2-13(20)14(3-8)21(24)25/h1-3,5-7H,4H2. The molecule has 0 N–H and O–H groups in total. The van der Waals surface area contributed by atoms with Crippen LogP contribution in [0.1, 0.15) is 15.9 Å². The minimum atomic E-state index is -0.609. The summed E-state index contributed by atoms with van der Waals surface area (Å²) in [5.41, 5.74) is 0.210. The maximum Gasteiger partial charge on any atom is 0.288 e. The number of carbonyl (C=O) groups is 1. The van der Waals surface area contributed by atoms with Crippen LogP contribution in [0.15, 0.2) is 50.1 Å². The SMILES string of the molecule is O=C(Cc1ccc(Cl)c([N+](=O)[O-])c1)c1cc2c(Br)cc(Br)cc2sc1=O. The molecule has 0 fully saturated rings. The number of carbonyl (C=O) groups excluding carboxylic acids is 1. The smallest absolute Gasteiger partial charge is 0.288 e. The van der Waals surface area contributed by atoms with Gasteiger partial charge in [-0.05, 0) is 29.8 Å². The van der Waals surface area contributed by atoms with Gasteiger partial charge < -0.3 is 0 Å². The Morgan fingerprint density at radius 2 is 1.92 bits per heavy atom. The van der Waals surface area contributed by atoms with E-state index in [2.05, 4.69) is 31.9 Å². The Morgan fingerprint density at radius 3 is 2.62 bits per heavy atom. The average Bonchev–Trinajstić information content (AvgIpc) is 2.55. The molecule has 3 aromatic rings. The van der Waals surface area contributed by atoms with E-state index in [0.29, 0.717) is 5.56 Å². The molecule has 5 nitrogen and oxygen atoms in total. The molecular weight excluding hydrogens is 510 g/mol. The highest BCUT2D eigenvalue weighted by atomic mass is 79.9. The number of hydrogen-bond donors (Lipinski definition) is 0. The van der Waals surface area contributed by atoms with Gasteiger partial charge in [0.15, 0.2) is 5.78 Å². The van der Waals surface area contributed by atoms with E-state index in [1.165, 1.54) is 18.2 Å². The molecule has 9 heteroatoms. The monoisotopic (exact) mass is 515 g/mol. The Kier molecular flexibility index (Phi) is 5.57. The van der Waals surface area contributed by atoms with Crippen LogP contribution in [0.25, 0.3) is 10.1 Å². The third kappa shape index (κ3) is 3.88. The number of Topliss-reactive ketones (excluding diaryl/α,β-unsaturated/α-hetero) is 1. The summed E-state index contributed by atoms with van der Waals surface area (Å²) in [6.45, 7) is 0. The van der Waals surface area contributed by atoms with Gasteiger partial charge in [0.2, 0.25) is 4.74 Å². The van der Waals surface area contributed by atoms with E-state index in [9.17, 15) is 19.7 Å². The number of halogens is 3. The summed E-state index contributed by atoms with van der Waals surface area (Å²) in [5.74, 6) is -0.403. The largest absolute Gasteiger partial charge is 0.294 e. The van der Waals surface area contributed by atoms with Crippen LogP contribution in [0.5, 0.6) is 0 Å². The lowest BCUT2D eigenvalue weighted by atomic mass is 10.0. The first-order valence-corrected chi connectivity index (χ1v) is 9.93. The molecule has 0 saturated carbocycles. The van der Waals surface area contributed by atoms with E-state index in [-0.39, 0.29) is 27.4 Å². The summed E-state index contributed by atoms with van der Waals surface area (Å²) in [7, 11) is 0. The second kappa shape index (κ2) is 7.56. The van der Waals surface area contributed by atoms with Crippen LogP contribution < -0.4 is 4.74 Å². The zero-order valence-corrected chi connectivity index (χ0v) is 17.5. The number of nitro groups is 1. The summed E-state index contributed by atoms with van der Waals surface area (Å²) in [6.07, 6.45) is -0.125. The van der Waals surface area contributed by atoms with Gasteiger partial charge in [0.05, 0.1) is 10.5 Å². The molecule has 132 valence electrons. The first-order valence-electron chi connectivity index (χ1n) is 7.15. The molecule has 0 radical (unpaired) electrons. The van der Waals surface area contributed by atoms with Crippen molar-refractivity contribution < 1.29 is 9.72 Å². The van der Waals surface area contributed by atoms with Gasteiger partial charge in [-0.1, -0.05) is 60.9 Å². The van der Waals surface area contributed by atoms with Crippen molar-refractivity contribution in [2.75, 3.05) is 0 Å². The molecule has 0 bridgehead atoms.